The van der Waals surface area contributed by atoms with Gasteiger partial charge < -0.3 is 4.74 Å². The van der Waals surface area contributed by atoms with E-state index in [4.69, 9.17) is 10.6 Å². The van der Waals surface area contributed by atoms with E-state index in [1.165, 1.54) is 0 Å². The third-order valence-electron chi connectivity index (χ3n) is 1.83. The standard InChI is InChI=1S/C10H14N2O2/c1-2-9(10(13)12-11)14-8-6-4-3-5-7-8/h3-7,9H,2,11H2,1H3,(H,12,13)/t9-/m1/s1. The van der Waals surface area contributed by atoms with Gasteiger partial charge in [0.15, 0.2) is 6.10 Å². The van der Waals surface area contributed by atoms with Crippen LogP contribution in [-0.2, 0) is 4.79 Å². The molecular formula is C10H14N2O2. The minimum absolute atomic E-state index is 0.309. The summed E-state index contributed by atoms with van der Waals surface area (Å²) in [5, 5.41) is 0. The lowest BCUT2D eigenvalue weighted by Crippen LogP contribution is -2.41. The van der Waals surface area contributed by atoms with Crippen LogP contribution in [0.25, 0.3) is 0 Å². The van der Waals surface area contributed by atoms with E-state index in [1.807, 2.05) is 25.1 Å². The van der Waals surface area contributed by atoms with Gasteiger partial charge in [-0.25, -0.2) is 5.84 Å². The molecule has 0 heterocycles. The second kappa shape index (κ2) is 5.24. The van der Waals surface area contributed by atoms with E-state index in [0.717, 1.165) is 0 Å². The summed E-state index contributed by atoms with van der Waals surface area (Å²) in [4.78, 5) is 11.2. The van der Waals surface area contributed by atoms with Crippen LogP contribution in [0.5, 0.6) is 5.75 Å². The molecule has 1 amide bonds. The van der Waals surface area contributed by atoms with Crippen molar-refractivity contribution in [2.75, 3.05) is 0 Å². The van der Waals surface area contributed by atoms with Crippen molar-refractivity contribution in [1.82, 2.24) is 5.43 Å². The van der Waals surface area contributed by atoms with Gasteiger partial charge in [-0.3, -0.25) is 10.2 Å². The van der Waals surface area contributed by atoms with Gasteiger partial charge in [0.25, 0.3) is 5.91 Å². The van der Waals surface area contributed by atoms with Crippen LogP contribution in [0, 0.1) is 0 Å². The molecule has 3 N–H and O–H groups in total. The number of benzene rings is 1. The summed E-state index contributed by atoms with van der Waals surface area (Å²) in [5.74, 6) is 5.38. The highest BCUT2D eigenvalue weighted by atomic mass is 16.5. The fourth-order valence-corrected chi connectivity index (χ4v) is 1.08. The van der Waals surface area contributed by atoms with Gasteiger partial charge in [0.05, 0.1) is 0 Å². The Labute approximate surface area is 83.0 Å². The monoisotopic (exact) mass is 194 g/mol. The molecule has 1 aromatic carbocycles. The lowest BCUT2D eigenvalue weighted by Gasteiger charge is -2.15. The Morgan fingerprint density at radius 2 is 2.14 bits per heavy atom. The lowest BCUT2D eigenvalue weighted by atomic mass is 10.2. The summed E-state index contributed by atoms with van der Waals surface area (Å²) in [6.07, 6.45) is 0.0557. The molecule has 0 saturated heterocycles. The smallest absolute Gasteiger partial charge is 0.274 e. The molecule has 0 aromatic heterocycles. The Bertz CT molecular complexity index is 287. The average Bonchev–Trinajstić information content (AvgIpc) is 2.26. The number of hydrazine groups is 1. The molecule has 1 atom stereocenters. The van der Waals surface area contributed by atoms with Crippen molar-refractivity contribution in [1.29, 1.82) is 0 Å². The Kier molecular flexibility index (Phi) is 3.94. The van der Waals surface area contributed by atoms with Crippen LogP contribution in [0.1, 0.15) is 13.3 Å². The zero-order chi connectivity index (χ0) is 10.4. The van der Waals surface area contributed by atoms with Crippen molar-refractivity contribution in [3.05, 3.63) is 30.3 Å². The molecule has 0 aliphatic heterocycles. The maximum Gasteiger partial charge on any atom is 0.274 e. The predicted octanol–water partition coefficient (Wildman–Crippen LogP) is 0.834. The predicted molar refractivity (Wildman–Crippen MR) is 53.5 cm³/mol. The Morgan fingerprint density at radius 3 is 2.64 bits per heavy atom. The van der Waals surface area contributed by atoms with Crippen molar-refractivity contribution >= 4 is 5.91 Å². The number of para-hydroxylation sites is 1. The first-order chi connectivity index (χ1) is 6.77. The molecule has 4 heteroatoms. The van der Waals surface area contributed by atoms with E-state index >= 15 is 0 Å². The van der Waals surface area contributed by atoms with Gasteiger partial charge in [0.2, 0.25) is 0 Å². The Hall–Kier alpha value is -1.55. The number of hydrogen-bond acceptors (Lipinski definition) is 3. The Balaban J connectivity index is 2.62. The highest BCUT2D eigenvalue weighted by Crippen LogP contribution is 2.12. The third kappa shape index (κ3) is 2.74. The first-order valence-corrected chi connectivity index (χ1v) is 4.50. The van der Waals surface area contributed by atoms with Gasteiger partial charge >= 0.3 is 0 Å². The van der Waals surface area contributed by atoms with Crippen molar-refractivity contribution in [2.24, 2.45) is 5.84 Å². The third-order valence-corrected chi connectivity index (χ3v) is 1.83. The lowest BCUT2D eigenvalue weighted by molar-refractivity contribution is -0.128. The molecule has 1 rings (SSSR count). The molecule has 0 aliphatic rings. The van der Waals surface area contributed by atoms with Crippen LogP contribution in [0.2, 0.25) is 0 Å². The molecule has 0 radical (unpaired) electrons. The molecule has 76 valence electrons. The summed E-state index contributed by atoms with van der Waals surface area (Å²) >= 11 is 0. The van der Waals surface area contributed by atoms with E-state index in [-0.39, 0.29) is 5.91 Å². The summed E-state index contributed by atoms with van der Waals surface area (Å²) in [5.41, 5.74) is 2.07. The molecular weight excluding hydrogens is 180 g/mol. The number of nitrogens with one attached hydrogen (secondary N) is 1. The van der Waals surface area contributed by atoms with Crippen molar-refractivity contribution < 1.29 is 9.53 Å². The molecule has 0 bridgehead atoms. The number of ether oxygens (including phenoxy) is 1. The van der Waals surface area contributed by atoms with E-state index < -0.39 is 6.10 Å². The van der Waals surface area contributed by atoms with E-state index in [0.29, 0.717) is 12.2 Å². The topological polar surface area (TPSA) is 64.3 Å². The highest BCUT2D eigenvalue weighted by molar-refractivity contribution is 5.80. The largest absolute Gasteiger partial charge is 0.481 e. The molecule has 0 fully saturated rings. The maximum absolute atomic E-state index is 11.2. The van der Waals surface area contributed by atoms with Crippen LogP contribution >= 0.6 is 0 Å². The SMILES string of the molecule is CC[C@@H](Oc1ccccc1)C(=O)NN. The second-order valence-corrected chi connectivity index (χ2v) is 2.84. The van der Waals surface area contributed by atoms with Crippen LogP contribution in [-0.4, -0.2) is 12.0 Å². The zero-order valence-electron chi connectivity index (χ0n) is 8.07. The van der Waals surface area contributed by atoms with Gasteiger partial charge in [0.1, 0.15) is 5.75 Å². The summed E-state index contributed by atoms with van der Waals surface area (Å²) in [7, 11) is 0. The average molecular weight is 194 g/mol. The summed E-state index contributed by atoms with van der Waals surface area (Å²) in [6, 6.07) is 9.18. The Morgan fingerprint density at radius 1 is 1.50 bits per heavy atom. The van der Waals surface area contributed by atoms with Gasteiger partial charge in [-0.1, -0.05) is 25.1 Å². The molecule has 4 nitrogen and oxygen atoms in total. The number of carbonyl (C=O) groups is 1. The normalized spacial score (nSPS) is 11.9. The van der Waals surface area contributed by atoms with Crippen LogP contribution in [0.4, 0.5) is 0 Å². The number of hydrogen-bond donors (Lipinski definition) is 2. The van der Waals surface area contributed by atoms with E-state index in [9.17, 15) is 4.79 Å². The first kappa shape index (κ1) is 10.5. The van der Waals surface area contributed by atoms with Crippen molar-refractivity contribution in [2.45, 2.75) is 19.4 Å². The minimum Gasteiger partial charge on any atom is -0.481 e. The minimum atomic E-state index is -0.526. The zero-order valence-corrected chi connectivity index (χ0v) is 8.07. The molecule has 0 aliphatic carbocycles. The van der Waals surface area contributed by atoms with Crippen LogP contribution in [0.3, 0.4) is 0 Å². The van der Waals surface area contributed by atoms with Crippen molar-refractivity contribution in [3.8, 4) is 5.75 Å². The van der Waals surface area contributed by atoms with Crippen LogP contribution in [0.15, 0.2) is 30.3 Å². The maximum atomic E-state index is 11.2. The molecule has 14 heavy (non-hydrogen) atoms. The van der Waals surface area contributed by atoms with Gasteiger partial charge in [-0.05, 0) is 18.6 Å². The second-order valence-electron chi connectivity index (χ2n) is 2.84. The van der Waals surface area contributed by atoms with E-state index in [1.54, 1.807) is 12.1 Å². The quantitative estimate of drug-likeness (QED) is 0.424. The number of nitrogens with two attached hydrogens (primary N) is 1. The number of amides is 1. The van der Waals surface area contributed by atoms with Crippen LogP contribution < -0.4 is 16.0 Å². The summed E-state index contributed by atoms with van der Waals surface area (Å²) in [6.45, 7) is 1.86. The molecule has 1 aromatic rings. The molecule has 0 unspecified atom stereocenters. The fraction of sp³-hybridized carbons (Fsp3) is 0.300. The van der Waals surface area contributed by atoms with Gasteiger partial charge in [0, 0.05) is 0 Å². The fourth-order valence-electron chi connectivity index (χ4n) is 1.08. The molecule has 0 spiro atoms. The number of carbonyl (C=O) groups excluding carboxylic acids is 1. The van der Waals surface area contributed by atoms with Gasteiger partial charge in [-0.2, -0.15) is 0 Å². The number of rotatable bonds is 4. The summed E-state index contributed by atoms with van der Waals surface area (Å²) < 4.78 is 5.42. The first-order valence-electron chi connectivity index (χ1n) is 4.50. The molecule has 0 saturated carbocycles. The van der Waals surface area contributed by atoms with Gasteiger partial charge in [-0.15, -0.1) is 0 Å². The van der Waals surface area contributed by atoms with Crippen molar-refractivity contribution in [3.63, 3.8) is 0 Å². The highest BCUT2D eigenvalue weighted by Gasteiger charge is 2.16. The van der Waals surface area contributed by atoms with E-state index in [2.05, 4.69) is 5.43 Å².